The number of ether oxygens (including phenoxy) is 1. The molecule has 0 aliphatic carbocycles. The van der Waals surface area contributed by atoms with Crippen LogP contribution < -0.4 is 0 Å². The van der Waals surface area contributed by atoms with Gasteiger partial charge in [0.15, 0.2) is 0 Å². The second-order valence-corrected chi connectivity index (χ2v) is 7.52. The molecule has 2 aromatic rings. The van der Waals surface area contributed by atoms with Crippen molar-refractivity contribution in [3.8, 4) is 0 Å². The summed E-state index contributed by atoms with van der Waals surface area (Å²) >= 11 is 0. The fraction of sp³-hybridized carbons (Fsp3) is 0.526. The van der Waals surface area contributed by atoms with Crippen LogP contribution in [0.25, 0.3) is 0 Å². The van der Waals surface area contributed by atoms with E-state index in [0.717, 1.165) is 43.3 Å². The molecule has 0 saturated carbocycles. The quantitative estimate of drug-likeness (QED) is 0.795. The summed E-state index contributed by atoms with van der Waals surface area (Å²) in [4.78, 5) is 22.5. The molecular formula is C19H25N3O3. The second kappa shape index (κ2) is 6.96. The van der Waals surface area contributed by atoms with Crippen molar-refractivity contribution in [1.29, 1.82) is 0 Å². The van der Waals surface area contributed by atoms with E-state index < -0.39 is 0 Å². The maximum Gasteiger partial charge on any atom is 0.303 e. The maximum atomic E-state index is 10.9. The number of rotatable bonds is 4. The van der Waals surface area contributed by atoms with Crippen LogP contribution in [-0.4, -0.2) is 27.4 Å². The fourth-order valence-corrected chi connectivity index (χ4v) is 2.85. The standard InChI is InChI=1S/C19H25N3O3/c1-13(23)24-12-16-6-5-15(25-16)11-22-8-7-17-14(10-22)9-20-18(21-17)19(2,3)4/h5-6,9H,7-8,10-12H2,1-4H3. The molecule has 0 radical (unpaired) electrons. The number of esters is 1. The predicted molar refractivity (Wildman–Crippen MR) is 92.7 cm³/mol. The van der Waals surface area contributed by atoms with Crippen LogP contribution in [0.4, 0.5) is 0 Å². The number of hydrogen-bond donors (Lipinski definition) is 0. The zero-order valence-corrected chi connectivity index (χ0v) is 15.3. The normalized spacial score (nSPS) is 15.0. The van der Waals surface area contributed by atoms with Crippen LogP contribution in [0.2, 0.25) is 0 Å². The second-order valence-electron chi connectivity index (χ2n) is 7.52. The van der Waals surface area contributed by atoms with E-state index in [2.05, 4.69) is 30.7 Å². The minimum atomic E-state index is -0.305. The Balaban J connectivity index is 1.62. The third-order valence-corrected chi connectivity index (χ3v) is 4.20. The minimum Gasteiger partial charge on any atom is -0.461 e. The van der Waals surface area contributed by atoms with E-state index in [-0.39, 0.29) is 18.0 Å². The number of fused-ring (bicyclic) bond motifs is 1. The maximum absolute atomic E-state index is 10.9. The Morgan fingerprint density at radius 3 is 2.80 bits per heavy atom. The van der Waals surface area contributed by atoms with Gasteiger partial charge in [-0.1, -0.05) is 20.8 Å². The van der Waals surface area contributed by atoms with Gasteiger partial charge in [-0.2, -0.15) is 0 Å². The van der Waals surface area contributed by atoms with Crippen molar-refractivity contribution in [3.63, 3.8) is 0 Å². The van der Waals surface area contributed by atoms with E-state index in [4.69, 9.17) is 14.1 Å². The SMILES string of the molecule is CC(=O)OCc1ccc(CN2CCc3nc(C(C)(C)C)ncc3C2)o1. The van der Waals surface area contributed by atoms with Crippen LogP contribution in [0.5, 0.6) is 0 Å². The molecule has 3 rings (SSSR count). The third-order valence-electron chi connectivity index (χ3n) is 4.20. The Labute approximate surface area is 148 Å². The van der Waals surface area contributed by atoms with Crippen LogP contribution in [0.1, 0.15) is 56.3 Å². The first-order valence-corrected chi connectivity index (χ1v) is 8.60. The highest BCUT2D eigenvalue weighted by molar-refractivity contribution is 5.65. The average Bonchev–Trinajstić information content (AvgIpc) is 2.99. The summed E-state index contributed by atoms with van der Waals surface area (Å²) in [7, 11) is 0. The summed E-state index contributed by atoms with van der Waals surface area (Å²) in [6, 6.07) is 3.79. The van der Waals surface area contributed by atoms with Gasteiger partial charge in [-0.15, -0.1) is 0 Å². The summed E-state index contributed by atoms with van der Waals surface area (Å²) in [5.74, 6) is 2.14. The topological polar surface area (TPSA) is 68.5 Å². The van der Waals surface area contributed by atoms with Gasteiger partial charge in [-0.25, -0.2) is 9.97 Å². The smallest absolute Gasteiger partial charge is 0.303 e. The van der Waals surface area contributed by atoms with Crippen molar-refractivity contribution in [2.45, 2.75) is 59.2 Å². The lowest BCUT2D eigenvalue weighted by molar-refractivity contribution is -0.142. The number of furan rings is 1. The molecule has 0 amide bonds. The Kier molecular flexibility index (Phi) is 4.90. The zero-order valence-electron chi connectivity index (χ0n) is 15.3. The first kappa shape index (κ1) is 17.6. The number of nitrogens with zero attached hydrogens (tertiary/aromatic N) is 3. The van der Waals surface area contributed by atoms with E-state index in [1.165, 1.54) is 12.5 Å². The molecule has 1 aliphatic heterocycles. The molecule has 0 saturated heterocycles. The fourth-order valence-electron chi connectivity index (χ4n) is 2.85. The Morgan fingerprint density at radius 2 is 2.08 bits per heavy atom. The van der Waals surface area contributed by atoms with Crippen LogP contribution in [0.15, 0.2) is 22.7 Å². The summed E-state index contributed by atoms with van der Waals surface area (Å²) < 4.78 is 10.7. The highest BCUT2D eigenvalue weighted by Crippen LogP contribution is 2.23. The van der Waals surface area contributed by atoms with E-state index in [0.29, 0.717) is 5.76 Å². The third kappa shape index (κ3) is 4.45. The Morgan fingerprint density at radius 1 is 1.32 bits per heavy atom. The lowest BCUT2D eigenvalue weighted by atomic mass is 9.95. The lowest BCUT2D eigenvalue weighted by Crippen LogP contribution is -2.31. The van der Waals surface area contributed by atoms with Crippen molar-refractivity contribution in [2.75, 3.05) is 6.54 Å². The molecule has 6 nitrogen and oxygen atoms in total. The van der Waals surface area contributed by atoms with Gasteiger partial charge >= 0.3 is 5.97 Å². The number of aromatic nitrogens is 2. The molecule has 25 heavy (non-hydrogen) atoms. The molecule has 3 heterocycles. The van der Waals surface area contributed by atoms with Crippen molar-refractivity contribution in [1.82, 2.24) is 14.9 Å². The van der Waals surface area contributed by atoms with Gasteiger partial charge in [0.2, 0.25) is 0 Å². The minimum absolute atomic E-state index is 0.0291. The summed E-state index contributed by atoms with van der Waals surface area (Å²) in [5, 5.41) is 0. The highest BCUT2D eigenvalue weighted by Gasteiger charge is 2.23. The van der Waals surface area contributed by atoms with Crippen LogP contribution in [0.3, 0.4) is 0 Å². The summed E-state index contributed by atoms with van der Waals surface area (Å²) in [6.07, 6.45) is 2.88. The molecule has 0 atom stereocenters. The molecule has 2 aromatic heterocycles. The first-order valence-electron chi connectivity index (χ1n) is 8.60. The van der Waals surface area contributed by atoms with E-state index in [1.54, 1.807) is 0 Å². The van der Waals surface area contributed by atoms with E-state index in [1.807, 2.05) is 18.3 Å². The highest BCUT2D eigenvalue weighted by atomic mass is 16.5. The molecular weight excluding hydrogens is 318 g/mol. The molecule has 0 N–H and O–H groups in total. The van der Waals surface area contributed by atoms with Crippen LogP contribution in [-0.2, 0) is 41.1 Å². The van der Waals surface area contributed by atoms with Gasteiger partial charge < -0.3 is 9.15 Å². The van der Waals surface area contributed by atoms with Gasteiger partial charge in [0, 0.05) is 49.3 Å². The van der Waals surface area contributed by atoms with Crippen molar-refractivity contribution >= 4 is 5.97 Å². The molecule has 6 heteroatoms. The summed E-state index contributed by atoms with van der Waals surface area (Å²) in [6.45, 7) is 10.5. The number of hydrogen-bond acceptors (Lipinski definition) is 6. The molecule has 0 unspecified atom stereocenters. The van der Waals surface area contributed by atoms with Gasteiger partial charge in [-0.05, 0) is 12.1 Å². The van der Waals surface area contributed by atoms with Crippen LogP contribution >= 0.6 is 0 Å². The number of carbonyl (C=O) groups excluding carboxylic acids is 1. The van der Waals surface area contributed by atoms with Gasteiger partial charge in [0.25, 0.3) is 0 Å². The Hall–Kier alpha value is -2.21. The predicted octanol–water partition coefficient (Wildman–Crippen LogP) is 2.99. The Bertz CT molecular complexity index is 762. The monoisotopic (exact) mass is 343 g/mol. The van der Waals surface area contributed by atoms with Gasteiger partial charge in [0.1, 0.15) is 24.0 Å². The molecule has 0 spiro atoms. The molecule has 134 valence electrons. The number of carbonyl (C=O) groups is 1. The molecule has 0 aromatic carbocycles. The van der Waals surface area contributed by atoms with Crippen molar-refractivity contribution in [2.24, 2.45) is 0 Å². The zero-order chi connectivity index (χ0) is 18.0. The van der Waals surface area contributed by atoms with Gasteiger partial charge in [-0.3, -0.25) is 9.69 Å². The lowest BCUT2D eigenvalue weighted by Gasteiger charge is -2.28. The van der Waals surface area contributed by atoms with E-state index in [9.17, 15) is 4.79 Å². The molecule has 0 fully saturated rings. The largest absolute Gasteiger partial charge is 0.461 e. The molecule has 1 aliphatic rings. The van der Waals surface area contributed by atoms with Crippen molar-refractivity contribution < 1.29 is 13.9 Å². The van der Waals surface area contributed by atoms with Gasteiger partial charge in [0.05, 0.1) is 6.54 Å². The van der Waals surface area contributed by atoms with E-state index >= 15 is 0 Å². The van der Waals surface area contributed by atoms with Crippen molar-refractivity contribution in [3.05, 3.63) is 46.9 Å². The molecule has 0 bridgehead atoms. The average molecular weight is 343 g/mol. The van der Waals surface area contributed by atoms with Crippen LogP contribution in [0, 0.1) is 0 Å². The summed E-state index contributed by atoms with van der Waals surface area (Å²) in [5.41, 5.74) is 2.32. The first-order chi connectivity index (χ1) is 11.8.